The Balaban J connectivity index is 0.0000000976. The van der Waals surface area contributed by atoms with Crippen molar-refractivity contribution >= 4 is 300 Å². The Labute approximate surface area is 704 Å². The van der Waals surface area contributed by atoms with Gasteiger partial charge in [-0.2, -0.15) is 22.7 Å². The van der Waals surface area contributed by atoms with Crippen LogP contribution in [0.2, 0.25) is 0 Å². The summed E-state index contributed by atoms with van der Waals surface area (Å²) in [5, 5.41) is 45.5. The van der Waals surface area contributed by atoms with E-state index in [9.17, 15) is 0 Å². The van der Waals surface area contributed by atoms with Crippen LogP contribution in [0.25, 0.3) is 142 Å². The van der Waals surface area contributed by atoms with Gasteiger partial charge < -0.3 is 8.83 Å². The molecule has 2 nitrogen and oxygen atoms in total. The molecule has 112 heavy (non-hydrogen) atoms. The van der Waals surface area contributed by atoms with Crippen molar-refractivity contribution in [1.29, 1.82) is 0 Å². The van der Waals surface area contributed by atoms with Crippen molar-refractivity contribution in [2.45, 2.75) is 0 Å². The number of rotatable bonds is 0. The van der Waals surface area contributed by atoms with Crippen LogP contribution in [0, 0.1) is 0 Å². The van der Waals surface area contributed by atoms with Crippen molar-refractivity contribution in [2.75, 3.05) is 0 Å². The molecule has 16 heteroatoms. The minimum Gasteiger partial charge on any atom is -0.463 e. The van der Waals surface area contributed by atoms with Crippen LogP contribution >= 0.6 is 159 Å². The second-order valence-corrected chi connectivity index (χ2v) is 37.6. The van der Waals surface area contributed by atoms with E-state index in [0.717, 1.165) is 11.2 Å². The Morgan fingerprint density at radius 2 is 0.402 bits per heavy atom. The predicted octanol–water partition coefficient (Wildman–Crippen LogP) is 36.4. The van der Waals surface area contributed by atoms with Crippen molar-refractivity contribution in [2.24, 2.45) is 0 Å². The van der Waals surface area contributed by atoms with Crippen molar-refractivity contribution < 1.29 is 8.83 Å². The first-order valence-electron chi connectivity index (χ1n) is 35.4. The lowest BCUT2D eigenvalue weighted by atomic mass is 10.1. The van der Waals surface area contributed by atoms with E-state index in [1.54, 1.807) is 149 Å². The average Bonchev–Trinajstić information content (AvgIpc) is 1.57. The van der Waals surface area contributed by atoms with Gasteiger partial charge in [-0.25, -0.2) is 0 Å². The molecule has 548 valence electrons. The van der Waals surface area contributed by atoms with Crippen LogP contribution in [0.5, 0.6) is 0 Å². The van der Waals surface area contributed by atoms with Gasteiger partial charge in [0.1, 0.15) is 11.2 Å². The highest BCUT2D eigenvalue weighted by Crippen LogP contribution is 2.36. The molecule has 0 unspecified atom stereocenters. The Morgan fingerprint density at radius 3 is 0.714 bits per heavy atom. The molecule has 0 amide bonds. The van der Waals surface area contributed by atoms with Crippen LogP contribution in [-0.2, 0) is 0 Å². The summed E-state index contributed by atoms with van der Waals surface area (Å²) in [6.45, 7) is 0. The summed E-state index contributed by atoms with van der Waals surface area (Å²) in [5.74, 6) is 0. The van der Waals surface area contributed by atoms with Crippen LogP contribution in [0.3, 0.4) is 0 Å². The van der Waals surface area contributed by atoms with Gasteiger partial charge in [-0.05, 0) is 252 Å². The fraction of sp³-hybridized carbons (Fsp3) is 0. The number of benzene rings is 10. The van der Waals surface area contributed by atoms with E-state index < -0.39 is 0 Å². The molecule has 0 saturated heterocycles. The maximum absolute atomic E-state index is 5.07. The lowest BCUT2D eigenvalue weighted by Gasteiger charge is -1.96. The first kappa shape index (κ1) is 77.5. The summed E-state index contributed by atoms with van der Waals surface area (Å²) < 4.78 is 29.2. The van der Waals surface area contributed by atoms with E-state index >= 15 is 0 Å². The normalized spacial score (nSPS) is 10.5. The maximum Gasteiger partial charge on any atom is 0.144 e. The third-order valence-electron chi connectivity index (χ3n) is 17.1. The molecular weight excluding hydrogens is 1630 g/mol. The standard InChI is InChI=1S/4C12H8S.2C8H6S.2C6H4OS.2C6H4S2.2C4H4S/c2*1-3-7-11-9(5-1)10-6-2-4-8-12(10)13-11;2*1-2-4-10-8-12-11(5-6-13-12)7-9(10)3-1;2*1-2-4-8-7(3-1)5-6-9-8;2*1-3-7-5-2-4-8-6(1)5;2*1-3-7-6-2-4-8-5(1)6;2*1-2-4-5-3-1/h4*1-8H;2*1-6H;4*1-4H;2*1-4H. The number of fused-ring (bicyclic) bond motifs is 16. The summed E-state index contributed by atoms with van der Waals surface area (Å²) >= 11 is 24.9. The van der Waals surface area contributed by atoms with Crippen molar-refractivity contribution in [3.8, 4) is 0 Å². The minimum absolute atomic E-state index is 0.995. The van der Waals surface area contributed by atoms with Gasteiger partial charge in [-0.1, -0.05) is 182 Å². The number of hydrogen-bond donors (Lipinski definition) is 0. The van der Waals surface area contributed by atoms with Crippen LogP contribution in [0.1, 0.15) is 0 Å². The molecule has 0 aliphatic carbocycles. The smallest absolute Gasteiger partial charge is 0.144 e. The minimum atomic E-state index is 0.995. The highest BCUT2D eigenvalue weighted by molar-refractivity contribution is 7.27. The molecule has 0 atom stereocenters. The predicted molar refractivity (Wildman–Crippen MR) is 517 cm³/mol. The molecule has 0 N–H and O–H groups in total. The van der Waals surface area contributed by atoms with Gasteiger partial charge in [0.25, 0.3) is 0 Å². The first-order chi connectivity index (χ1) is 55.6. The Bertz CT molecular complexity index is 6030. The summed E-state index contributed by atoms with van der Waals surface area (Å²) in [4.78, 5) is 0. The lowest BCUT2D eigenvalue weighted by molar-refractivity contribution is 0.616. The molecule has 0 aliphatic rings. The van der Waals surface area contributed by atoms with Gasteiger partial charge in [0.15, 0.2) is 0 Å². The molecule has 16 aromatic heterocycles. The van der Waals surface area contributed by atoms with Crippen molar-refractivity contribution in [3.63, 3.8) is 0 Å². The van der Waals surface area contributed by atoms with Crippen LogP contribution < -0.4 is 0 Å². The molecule has 0 radical (unpaired) electrons. The Morgan fingerprint density at radius 1 is 0.152 bits per heavy atom. The molecule has 0 spiro atoms. The quantitative estimate of drug-likeness (QED) is 0.151. The summed E-state index contributed by atoms with van der Waals surface area (Å²) in [6, 6.07) is 110. The molecule has 26 rings (SSSR count). The van der Waals surface area contributed by atoms with Crippen molar-refractivity contribution in [3.05, 3.63) is 403 Å². The largest absolute Gasteiger partial charge is 0.463 e. The summed E-state index contributed by atoms with van der Waals surface area (Å²) in [7, 11) is 0. The van der Waals surface area contributed by atoms with E-state index in [0.29, 0.717) is 0 Å². The second-order valence-electron chi connectivity index (χ2n) is 24.3. The van der Waals surface area contributed by atoms with Gasteiger partial charge in [0.05, 0.1) is 21.9 Å². The summed E-state index contributed by atoms with van der Waals surface area (Å²) in [6.07, 6.45) is 3.42. The average molecular weight is 1700 g/mol. The van der Waals surface area contributed by atoms with Crippen molar-refractivity contribution in [1.82, 2.24) is 0 Å². The fourth-order valence-electron chi connectivity index (χ4n) is 11.7. The molecule has 0 saturated carbocycles. The Hall–Kier alpha value is -9.80. The van der Waals surface area contributed by atoms with Gasteiger partial charge in [-0.15, -0.1) is 136 Å². The Kier molecular flexibility index (Phi) is 28.1. The molecular formula is C96H68O2S14. The highest BCUT2D eigenvalue weighted by Gasteiger charge is 2.05. The van der Waals surface area contributed by atoms with Gasteiger partial charge in [0, 0.05) is 77.9 Å². The van der Waals surface area contributed by atoms with E-state index in [1.165, 1.54) is 130 Å². The molecule has 26 aromatic rings. The number of hydrogen-bond acceptors (Lipinski definition) is 16. The van der Waals surface area contributed by atoms with E-state index in [2.05, 4.69) is 310 Å². The number of thiophene rings is 14. The van der Waals surface area contributed by atoms with Gasteiger partial charge >= 0.3 is 0 Å². The SMILES string of the molecule is c1cc2sccc2o1.c1cc2sccc2o1.c1cc2sccc2s1.c1cc2sccc2s1.c1ccc2c(c1)sc1ccccc12.c1ccc2c(c1)sc1ccccc12.c1ccc2cc3sccc3cc2c1.c1ccc2cc3sccc3cc2c1.c1ccc2sccc2c1.c1ccc2sccc2c1.c1ccsc1.c1ccsc1. The number of furan rings is 2. The van der Waals surface area contributed by atoms with E-state index in [4.69, 9.17) is 8.83 Å². The zero-order valence-electron chi connectivity index (χ0n) is 59.8. The lowest BCUT2D eigenvalue weighted by Crippen LogP contribution is -1.69. The first-order valence-corrected chi connectivity index (χ1v) is 47.7. The molecule has 16 heterocycles. The highest BCUT2D eigenvalue weighted by atomic mass is 32.1. The topological polar surface area (TPSA) is 26.3 Å². The van der Waals surface area contributed by atoms with E-state index in [-0.39, 0.29) is 0 Å². The summed E-state index contributed by atoms with van der Waals surface area (Å²) in [5.41, 5.74) is 1.99. The van der Waals surface area contributed by atoms with E-state index in [1.807, 2.05) is 103 Å². The monoisotopic (exact) mass is 1700 g/mol. The zero-order chi connectivity index (χ0) is 75.6. The third kappa shape index (κ3) is 21.1. The molecule has 0 bridgehead atoms. The maximum atomic E-state index is 5.07. The van der Waals surface area contributed by atoms with Gasteiger partial charge in [-0.3, -0.25) is 0 Å². The molecule has 0 aliphatic heterocycles. The van der Waals surface area contributed by atoms with Crippen LogP contribution in [0.15, 0.2) is 412 Å². The van der Waals surface area contributed by atoms with Crippen LogP contribution in [-0.4, -0.2) is 0 Å². The van der Waals surface area contributed by atoms with Crippen LogP contribution in [0.4, 0.5) is 0 Å². The molecule has 0 fully saturated rings. The zero-order valence-corrected chi connectivity index (χ0v) is 71.2. The second kappa shape index (κ2) is 40.6. The molecule has 10 aromatic carbocycles. The van der Waals surface area contributed by atoms with Gasteiger partial charge in [0.2, 0.25) is 0 Å². The fourth-order valence-corrected chi connectivity index (χ4v) is 23.1. The third-order valence-corrected chi connectivity index (χ3v) is 29.7.